The normalized spacial score (nSPS) is 11.0. The Morgan fingerprint density at radius 3 is 2.58 bits per heavy atom. The molecule has 4 aromatic rings. The van der Waals surface area contributed by atoms with Crippen molar-refractivity contribution in [2.45, 2.75) is 6.54 Å². The first-order chi connectivity index (χ1) is 12.6. The van der Waals surface area contributed by atoms with Crippen LogP contribution in [0.1, 0.15) is 16.1 Å². The summed E-state index contributed by atoms with van der Waals surface area (Å²) >= 11 is 0. The first-order valence-corrected chi connectivity index (χ1v) is 8.14. The van der Waals surface area contributed by atoms with Crippen molar-refractivity contribution in [3.63, 3.8) is 0 Å². The average molecular weight is 346 g/mol. The molecule has 0 radical (unpaired) electrons. The van der Waals surface area contributed by atoms with Crippen molar-refractivity contribution < 1.29 is 14.3 Å². The van der Waals surface area contributed by atoms with Crippen LogP contribution in [0.3, 0.4) is 0 Å². The van der Waals surface area contributed by atoms with Crippen molar-refractivity contribution in [3.8, 4) is 11.3 Å². The standard InChI is InChI=1S/C21H15FN2O2/c22-17-8-4-5-14(9-17)13-24-19(21(25)26)11-16-10-18(23-12-20(16)24)15-6-2-1-3-7-15/h1-12H,13H2,(H,25,26). The fourth-order valence-electron chi connectivity index (χ4n) is 3.09. The van der Waals surface area contributed by atoms with E-state index in [1.54, 1.807) is 29.0 Å². The van der Waals surface area contributed by atoms with Crippen LogP contribution in [0.25, 0.3) is 22.2 Å². The maximum absolute atomic E-state index is 13.5. The van der Waals surface area contributed by atoms with Gasteiger partial charge in [-0.05, 0) is 29.8 Å². The van der Waals surface area contributed by atoms with E-state index in [4.69, 9.17) is 0 Å². The molecule has 128 valence electrons. The number of pyridine rings is 1. The van der Waals surface area contributed by atoms with Gasteiger partial charge in [0.25, 0.3) is 0 Å². The van der Waals surface area contributed by atoms with Gasteiger partial charge in [-0.15, -0.1) is 0 Å². The summed E-state index contributed by atoms with van der Waals surface area (Å²) in [5, 5.41) is 10.4. The second-order valence-corrected chi connectivity index (χ2v) is 6.05. The molecule has 0 spiro atoms. The Morgan fingerprint density at radius 1 is 1.04 bits per heavy atom. The predicted octanol–water partition coefficient (Wildman–Crippen LogP) is 4.59. The molecule has 2 aromatic carbocycles. The van der Waals surface area contributed by atoms with E-state index in [9.17, 15) is 14.3 Å². The Morgan fingerprint density at radius 2 is 1.85 bits per heavy atom. The van der Waals surface area contributed by atoms with Crippen molar-refractivity contribution in [2.75, 3.05) is 0 Å². The monoisotopic (exact) mass is 346 g/mol. The van der Waals surface area contributed by atoms with Gasteiger partial charge < -0.3 is 9.67 Å². The van der Waals surface area contributed by atoms with Gasteiger partial charge in [-0.1, -0.05) is 42.5 Å². The van der Waals surface area contributed by atoms with Crippen molar-refractivity contribution in [1.29, 1.82) is 0 Å². The third-order valence-electron chi connectivity index (χ3n) is 4.31. The van der Waals surface area contributed by atoms with E-state index in [0.717, 1.165) is 16.6 Å². The van der Waals surface area contributed by atoms with E-state index in [1.165, 1.54) is 12.1 Å². The van der Waals surface area contributed by atoms with Crippen LogP contribution >= 0.6 is 0 Å². The fraction of sp³-hybridized carbons (Fsp3) is 0.0476. The molecule has 0 aliphatic heterocycles. The molecule has 5 heteroatoms. The predicted molar refractivity (Wildman–Crippen MR) is 97.6 cm³/mol. The highest BCUT2D eigenvalue weighted by molar-refractivity contribution is 5.95. The van der Waals surface area contributed by atoms with Crippen molar-refractivity contribution in [2.24, 2.45) is 0 Å². The molecule has 4 nitrogen and oxygen atoms in total. The Balaban J connectivity index is 1.83. The fourth-order valence-corrected chi connectivity index (χ4v) is 3.09. The molecule has 0 saturated carbocycles. The number of carboxylic acids is 1. The van der Waals surface area contributed by atoms with Crippen LogP contribution in [-0.2, 0) is 6.54 Å². The molecule has 2 heterocycles. The highest BCUT2D eigenvalue weighted by Crippen LogP contribution is 2.26. The number of aromatic carboxylic acids is 1. The zero-order chi connectivity index (χ0) is 18.1. The largest absolute Gasteiger partial charge is 0.477 e. The minimum absolute atomic E-state index is 0.149. The van der Waals surface area contributed by atoms with Gasteiger partial charge in [-0.25, -0.2) is 9.18 Å². The molecule has 26 heavy (non-hydrogen) atoms. The van der Waals surface area contributed by atoms with Crippen LogP contribution in [0.5, 0.6) is 0 Å². The number of carboxylic acid groups (broad SMARTS) is 1. The average Bonchev–Trinajstić information content (AvgIpc) is 3.00. The Hall–Kier alpha value is -3.47. The molecule has 0 amide bonds. The number of halogens is 1. The second-order valence-electron chi connectivity index (χ2n) is 6.05. The van der Waals surface area contributed by atoms with Crippen molar-refractivity contribution in [3.05, 3.63) is 90.0 Å². The molecule has 0 atom stereocenters. The number of rotatable bonds is 4. The summed E-state index contributed by atoms with van der Waals surface area (Å²) in [6.45, 7) is 0.259. The van der Waals surface area contributed by atoms with Crippen molar-refractivity contribution >= 4 is 16.9 Å². The summed E-state index contributed by atoms with van der Waals surface area (Å²) in [5.41, 5.74) is 3.28. The first kappa shape index (κ1) is 16.0. The molecule has 4 rings (SSSR count). The molecule has 1 N–H and O–H groups in total. The molecule has 0 aliphatic rings. The zero-order valence-electron chi connectivity index (χ0n) is 13.8. The summed E-state index contributed by atoms with van der Waals surface area (Å²) in [6.07, 6.45) is 1.67. The lowest BCUT2D eigenvalue weighted by Gasteiger charge is -2.09. The summed E-state index contributed by atoms with van der Waals surface area (Å²) in [5.74, 6) is -1.38. The minimum Gasteiger partial charge on any atom is -0.477 e. The SMILES string of the molecule is O=C(O)c1cc2cc(-c3ccccc3)ncc2n1Cc1cccc(F)c1. The number of fused-ring (bicyclic) bond motifs is 1. The van der Waals surface area contributed by atoms with E-state index in [0.29, 0.717) is 11.1 Å². The van der Waals surface area contributed by atoms with E-state index < -0.39 is 5.97 Å². The lowest BCUT2D eigenvalue weighted by atomic mass is 10.1. The zero-order valence-corrected chi connectivity index (χ0v) is 13.8. The van der Waals surface area contributed by atoms with E-state index in [1.807, 2.05) is 36.4 Å². The van der Waals surface area contributed by atoms with Crippen molar-refractivity contribution in [1.82, 2.24) is 9.55 Å². The third kappa shape index (κ3) is 2.95. The number of nitrogens with zero attached hydrogens (tertiary/aromatic N) is 2. The molecule has 0 fully saturated rings. The van der Waals surface area contributed by atoms with Gasteiger partial charge in [0.05, 0.1) is 17.4 Å². The van der Waals surface area contributed by atoms with Gasteiger partial charge in [0.2, 0.25) is 0 Å². The highest BCUT2D eigenvalue weighted by atomic mass is 19.1. The number of hydrogen-bond donors (Lipinski definition) is 1. The van der Waals surface area contributed by atoms with E-state index in [2.05, 4.69) is 4.98 Å². The van der Waals surface area contributed by atoms with Gasteiger partial charge in [-0.2, -0.15) is 0 Å². The number of aromatic nitrogens is 2. The summed E-state index contributed by atoms with van der Waals surface area (Å²) in [6, 6.07) is 19.4. The smallest absolute Gasteiger partial charge is 0.352 e. The number of carbonyl (C=O) groups is 1. The molecular weight excluding hydrogens is 331 g/mol. The lowest BCUT2D eigenvalue weighted by Crippen LogP contribution is -2.09. The molecule has 0 saturated heterocycles. The maximum Gasteiger partial charge on any atom is 0.352 e. The van der Waals surface area contributed by atoms with Crippen LogP contribution in [-0.4, -0.2) is 20.6 Å². The highest BCUT2D eigenvalue weighted by Gasteiger charge is 2.16. The van der Waals surface area contributed by atoms with Gasteiger partial charge in [-0.3, -0.25) is 4.98 Å². The van der Waals surface area contributed by atoms with Crippen LogP contribution in [0, 0.1) is 5.82 Å². The molecule has 2 aromatic heterocycles. The second kappa shape index (κ2) is 6.44. The van der Waals surface area contributed by atoms with Crippen LogP contribution in [0.15, 0.2) is 72.9 Å². The van der Waals surface area contributed by atoms with E-state index >= 15 is 0 Å². The topological polar surface area (TPSA) is 55.1 Å². The van der Waals surface area contributed by atoms with Gasteiger partial charge in [0, 0.05) is 17.5 Å². The maximum atomic E-state index is 13.5. The lowest BCUT2D eigenvalue weighted by molar-refractivity contribution is 0.0686. The van der Waals surface area contributed by atoms with Crippen LogP contribution in [0.4, 0.5) is 4.39 Å². The van der Waals surface area contributed by atoms with Gasteiger partial charge in [0.1, 0.15) is 11.5 Å². The first-order valence-electron chi connectivity index (χ1n) is 8.14. The molecular formula is C21H15FN2O2. The Kier molecular flexibility index (Phi) is 3.97. The molecule has 0 bridgehead atoms. The number of hydrogen-bond acceptors (Lipinski definition) is 2. The Bertz CT molecular complexity index is 1100. The molecule has 0 unspecified atom stereocenters. The minimum atomic E-state index is -1.03. The van der Waals surface area contributed by atoms with Gasteiger partial charge in [0.15, 0.2) is 0 Å². The number of benzene rings is 2. The third-order valence-corrected chi connectivity index (χ3v) is 4.31. The van der Waals surface area contributed by atoms with Crippen LogP contribution < -0.4 is 0 Å². The van der Waals surface area contributed by atoms with Crippen LogP contribution in [0.2, 0.25) is 0 Å². The summed E-state index contributed by atoms with van der Waals surface area (Å²) in [4.78, 5) is 16.2. The molecule has 0 aliphatic carbocycles. The summed E-state index contributed by atoms with van der Waals surface area (Å²) < 4.78 is 15.1. The Labute approximate surface area is 149 Å². The van der Waals surface area contributed by atoms with Gasteiger partial charge >= 0.3 is 5.97 Å². The summed E-state index contributed by atoms with van der Waals surface area (Å²) in [7, 11) is 0. The quantitative estimate of drug-likeness (QED) is 0.588. The van der Waals surface area contributed by atoms with E-state index in [-0.39, 0.29) is 18.1 Å².